The minimum atomic E-state index is -0.246. The first-order valence-corrected chi connectivity index (χ1v) is 9.27. The number of nitrogens with one attached hydrogen (secondary N) is 2. The Morgan fingerprint density at radius 3 is 2.42 bits per heavy atom. The molecule has 6 heteroatoms. The number of guanidine groups is 1. The fourth-order valence-corrected chi connectivity index (χ4v) is 2.35. The van der Waals surface area contributed by atoms with Crippen LogP contribution in [0.2, 0.25) is 0 Å². The molecule has 0 aliphatic rings. The Morgan fingerprint density at radius 1 is 1.23 bits per heavy atom. The lowest BCUT2D eigenvalue weighted by molar-refractivity contribution is -0.122. The maximum absolute atomic E-state index is 12.2. The van der Waals surface area contributed by atoms with Gasteiger partial charge in [0.05, 0.1) is 13.1 Å². The molecule has 6 nitrogen and oxygen atoms in total. The summed E-state index contributed by atoms with van der Waals surface area (Å²) in [6.45, 7) is 11.5. The minimum absolute atomic E-state index is 0.0112. The number of rotatable bonds is 8. The second-order valence-electron chi connectivity index (χ2n) is 7.31. The van der Waals surface area contributed by atoms with Crippen molar-refractivity contribution in [1.29, 1.82) is 0 Å². The number of para-hydroxylation sites is 1. The summed E-state index contributed by atoms with van der Waals surface area (Å²) in [6.07, 6.45) is 0.842. The molecule has 0 saturated carbocycles. The molecule has 0 saturated heterocycles. The first-order chi connectivity index (χ1) is 12.2. The van der Waals surface area contributed by atoms with Gasteiger partial charge in [-0.1, -0.05) is 25.1 Å². The van der Waals surface area contributed by atoms with E-state index in [0.717, 1.165) is 18.7 Å². The second-order valence-corrected chi connectivity index (χ2v) is 7.31. The van der Waals surface area contributed by atoms with Crippen LogP contribution >= 0.6 is 0 Å². The maximum Gasteiger partial charge on any atom is 0.240 e. The lowest BCUT2D eigenvalue weighted by atomic mass is 10.1. The quantitative estimate of drug-likeness (QED) is 0.551. The van der Waals surface area contributed by atoms with E-state index in [9.17, 15) is 4.79 Å². The molecule has 1 aromatic carbocycles. The predicted octanol–water partition coefficient (Wildman–Crippen LogP) is 2.66. The van der Waals surface area contributed by atoms with Crippen LogP contribution in [0.1, 0.15) is 41.0 Å². The van der Waals surface area contributed by atoms with E-state index in [2.05, 4.69) is 22.5 Å². The summed E-state index contributed by atoms with van der Waals surface area (Å²) >= 11 is 0. The normalized spacial score (nSPS) is 13.1. The smallest absolute Gasteiger partial charge is 0.240 e. The first kappa shape index (κ1) is 21.8. The van der Waals surface area contributed by atoms with Crippen molar-refractivity contribution in [3.8, 4) is 5.75 Å². The molecular weight excluding hydrogens is 328 g/mol. The highest BCUT2D eigenvalue weighted by atomic mass is 16.5. The molecule has 1 unspecified atom stereocenters. The van der Waals surface area contributed by atoms with Crippen LogP contribution in [0.25, 0.3) is 0 Å². The van der Waals surface area contributed by atoms with Gasteiger partial charge in [-0.2, -0.15) is 0 Å². The molecule has 0 heterocycles. The molecule has 26 heavy (non-hydrogen) atoms. The molecule has 0 radical (unpaired) electrons. The van der Waals surface area contributed by atoms with E-state index < -0.39 is 0 Å². The second kappa shape index (κ2) is 10.7. The summed E-state index contributed by atoms with van der Waals surface area (Å²) in [6, 6.07) is 9.77. The van der Waals surface area contributed by atoms with E-state index in [1.165, 1.54) is 0 Å². The van der Waals surface area contributed by atoms with Gasteiger partial charge in [-0.3, -0.25) is 4.79 Å². The van der Waals surface area contributed by atoms with Gasteiger partial charge < -0.3 is 20.3 Å². The number of aliphatic imine (C=N–C) groups is 1. The van der Waals surface area contributed by atoms with Crippen LogP contribution in [0.15, 0.2) is 35.3 Å². The van der Waals surface area contributed by atoms with Gasteiger partial charge >= 0.3 is 0 Å². The van der Waals surface area contributed by atoms with Gasteiger partial charge in [0.2, 0.25) is 5.91 Å². The number of hydrogen-bond donors (Lipinski definition) is 2. The number of amides is 1. The van der Waals surface area contributed by atoms with E-state index in [0.29, 0.717) is 12.5 Å². The summed E-state index contributed by atoms with van der Waals surface area (Å²) in [5, 5.41) is 6.20. The van der Waals surface area contributed by atoms with E-state index in [1.54, 1.807) is 0 Å². The zero-order valence-corrected chi connectivity index (χ0v) is 17.0. The Bertz CT molecular complexity index is 567. The highest BCUT2D eigenvalue weighted by Crippen LogP contribution is 2.12. The fraction of sp³-hybridized carbons (Fsp3) is 0.600. The van der Waals surface area contributed by atoms with Gasteiger partial charge in [0.1, 0.15) is 11.9 Å². The lowest BCUT2D eigenvalue weighted by Crippen LogP contribution is -2.49. The molecule has 146 valence electrons. The number of benzene rings is 1. The Balaban J connectivity index is 2.69. The average molecular weight is 363 g/mol. The number of nitrogens with zero attached hydrogens (tertiary/aromatic N) is 2. The zero-order chi connectivity index (χ0) is 19.6. The molecule has 0 fully saturated rings. The van der Waals surface area contributed by atoms with Crippen molar-refractivity contribution in [2.75, 3.05) is 26.7 Å². The average Bonchev–Trinajstić information content (AvgIpc) is 2.56. The van der Waals surface area contributed by atoms with Crippen molar-refractivity contribution in [2.45, 2.75) is 52.7 Å². The van der Waals surface area contributed by atoms with E-state index in [1.807, 2.05) is 70.0 Å². The van der Waals surface area contributed by atoms with Gasteiger partial charge in [-0.15, -0.1) is 0 Å². The van der Waals surface area contributed by atoms with E-state index >= 15 is 0 Å². The van der Waals surface area contributed by atoms with Gasteiger partial charge in [-0.05, 0) is 46.2 Å². The highest BCUT2D eigenvalue weighted by Gasteiger charge is 2.17. The Hall–Kier alpha value is -2.24. The monoisotopic (exact) mass is 362 g/mol. The third-order valence-corrected chi connectivity index (χ3v) is 3.54. The van der Waals surface area contributed by atoms with Crippen molar-refractivity contribution in [2.24, 2.45) is 4.99 Å². The van der Waals surface area contributed by atoms with Crippen LogP contribution in [0, 0.1) is 0 Å². The molecular formula is C20H34N4O2. The Kier molecular flexibility index (Phi) is 8.96. The molecule has 0 aliphatic carbocycles. The third kappa shape index (κ3) is 8.74. The van der Waals surface area contributed by atoms with E-state index in [4.69, 9.17) is 4.74 Å². The summed E-state index contributed by atoms with van der Waals surface area (Å²) in [7, 11) is 1.86. The fourth-order valence-electron chi connectivity index (χ4n) is 2.35. The molecule has 1 atom stereocenters. The van der Waals surface area contributed by atoms with Gasteiger partial charge in [0, 0.05) is 19.1 Å². The topological polar surface area (TPSA) is 66.0 Å². The number of likely N-dealkylation sites (N-methyl/N-ethyl adjacent to an activating group) is 1. The number of carbonyl (C=O) groups is 1. The van der Waals surface area contributed by atoms with Gasteiger partial charge in [0.25, 0.3) is 0 Å². The summed E-state index contributed by atoms with van der Waals surface area (Å²) in [5.74, 6) is 1.52. The van der Waals surface area contributed by atoms with Crippen molar-refractivity contribution in [1.82, 2.24) is 15.5 Å². The van der Waals surface area contributed by atoms with Crippen LogP contribution in [0.5, 0.6) is 5.75 Å². The van der Waals surface area contributed by atoms with Crippen molar-refractivity contribution in [3.05, 3.63) is 30.3 Å². The van der Waals surface area contributed by atoms with Crippen molar-refractivity contribution in [3.63, 3.8) is 0 Å². The molecule has 0 bridgehead atoms. The summed E-state index contributed by atoms with van der Waals surface area (Å²) in [4.78, 5) is 18.6. The number of carbonyl (C=O) groups excluding carboxylic acids is 1. The third-order valence-electron chi connectivity index (χ3n) is 3.54. The summed E-state index contributed by atoms with van der Waals surface area (Å²) < 4.78 is 5.99. The van der Waals surface area contributed by atoms with Crippen LogP contribution in [0.4, 0.5) is 0 Å². The standard InChI is InChI=1S/C20H34N4O2/c1-7-16(26-17-12-10-9-11-13-17)14-22-19(21-8-2)24(6)15-18(25)23-20(3,4)5/h9-13,16H,7-8,14-15H2,1-6H3,(H,21,22)(H,23,25). The highest BCUT2D eigenvalue weighted by molar-refractivity contribution is 5.86. The molecule has 0 aromatic heterocycles. The minimum Gasteiger partial charge on any atom is -0.489 e. The molecule has 1 aromatic rings. The predicted molar refractivity (Wildman–Crippen MR) is 108 cm³/mol. The van der Waals surface area contributed by atoms with Crippen LogP contribution < -0.4 is 15.4 Å². The molecule has 1 amide bonds. The SMILES string of the molecule is CCNC(=NCC(CC)Oc1ccccc1)N(C)CC(=O)NC(C)(C)C. The number of ether oxygens (including phenoxy) is 1. The Morgan fingerprint density at radius 2 is 1.88 bits per heavy atom. The molecule has 0 aliphatic heterocycles. The van der Waals surface area contributed by atoms with Crippen LogP contribution in [-0.4, -0.2) is 55.1 Å². The number of hydrogen-bond acceptors (Lipinski definition) is 3. The molecule has 2 N–H and O–H groups in total. The summed E-state index contributed by atoms with van der Waals surface area (Å²) in [5.41, 5.74) is -0.246. The Labute approximate surface area is 158 Å². The van der Waals surface area contributed by atoms with Crippen molar-refractivity contribution < 1.29 is 9.53 Å². The van der Waals surface area contributed by atoms with Crippen LogP contribution in [0.3, 0.4) is 0 Å². The molecule has 0 spiro atoms. The lowest BCUT2D eigenvalue weighted by Gasteiger charge is -2.26. The van der Waals surface area contributed by atoms with Gasteiger partial charge in [0.15, 0.2) is 5.96 Å². The zero-order valence-electron chi connectivity index (χ0n) is 17.0. The largest absolute Gasteiger partial charge is 0.489 e. The van der Waals surface area contributed by atoms with E-state index in [-0.39, 0.29) is 24.1 Å². The van der Waals surface area contributed by atoms with Gasteiger partial charge in [-0.25, -0.2) is 4.99 Å². The van der Waals surface area contributed by atoms with Crippen molar-refractivity contribution >= 4 is 11.9 Å². The maximum atomic E-state index is 12.2. The van der Waals surface area contributed by atoms with Crippen LogP contribution in [-0.2, 0) is 4.79 Å². The first-order valence-electron chi connectivity index (χ1n) is 9.27. The molecule has 1 rings (SSSR count).